The van der Waals surface area contributed by atoms with E-state index >= 15 is 0 Å². The summed E-state index contributed by atoms with van der Waals surface area (Å²) < 4.78 is 57.3. The highest BCUT2D eigenvalue weighted by Crippen LogP contribution is 2.22. The zero-order valence-corrected chi connectivity index (χ0v) is 16.6. The molecule has 152 valence electrons. The second kappa shape index (κ2) is 9.01. The molecule has 0 radical (unpaired) electrons. The second-order valence-corrected chi connectivity index (χ2v) is 8.32. The minimum atomic E-state index is -3.97. The lowest BCUT2D eigenvalue weighted by molar-refractivity contribution is -0.120. The number of rotatable bonds is 8. The van der Waals surface area contributed by atoms with E-state index in [-0.39, 0.29) is 6.61 Å². The van der Waals surface area contributed by atoms with Gasteiger partial charge in [0.25, 0.3) is 0 Å². The van der Waals surface area contributed by atoms with Gasteiger partial charge in [-0.15, -0.1) is 0 Å². The maximum absolute atomic E-state index is 14.0. The van der Waals surface area contributed by atoms with Crippen molar-refractivity contribution < 1.29 is 26.7 Å². The molecule has 0 saturated carbocycles. The summed E-state index contributed by atoms with van der Waals surface area (Å²) in [5.74, 6) is -1.89. The summed E-state index contributed by atoms with van der Waals surface area (Å²) in [6, 6.07) is 9.42. The Kier molecular flexibility index (Phi) is 6.95. The van der Waals surface area contributed by atoms with Crippen LogP contribution in [0.15, 0.2) is 42.5 Å². The van der Waals surface area contributed by atoms with Gasteiger partial charge in [0.2, 0.25) is 15.9 Å². The molecule has 1 amide bonds. The Morgan fingerprint density at radius 1 is 1.21 bits per heavy atom. The van der Waals surface area contributed by atoms with Gasteiger partial charge in [-0.1, -0.05) is 18.2 Å². The third-order valence-corrected chi connectivity index (χ3v) is 4.98. The summed E-state index contributed by atoms with van der Waals surface area (Å²) in [7, 11) is -3.97. The van der Waals surface area contributed by atoms with Crippen molar-refractivity contribution in [3.05, 3.63) is 59.7 Å². The third-order valence-electron chi connectivity index (χ3n) is 3.86. The number of nitrogens with zero attached hydrogens (tertiary/aromatic N) is 1. The summed E-state index contributed by atoms with van der Waals surface area (Å²) in [5.41, 5.74) is 0.541. The molecule has 0 aliphatic heterocycles. The highest BCUT2D eigenvalue weighted by atomic mass is 32.2. The molecule has 0 aromatic heterocycles. The summed E-state index contributed by atoms with van der Waals surface area (Å²) in [4.78, 5) is 12.3. The van der Waals surface area contributed by atoms with Crippen molar-refractivity contribution in [2.24, 2.45) is 0 Å². The second-order valence-electron chi connectivity index (χ2n) is 6.41. The lowest BCUT2D eigenvalue weighted by Crippen LogP contribution is -2.45. The SMILES string of the molecule is Cc1ccccc1OC[C@H](C)NC(=O)CN(c1ccc(F)cc1F)S(C)(=O)=O. The van der Waals surface area contributed by atoms with E-state index in [1.54, 1.807) is 13.0 Å². The van der Waals surface area contributed by atoms with E-state index in [0.29, 0.717) is 16.1 Å². The van der Waals surface area contributed by atoms with Crippen LogP contribution in [0.3, 0.4) is 0 Å². The Morgan fingerprint density at radius 2 is 1.89 bits per heavy atom. The number of carbonyl (C=O) groups is 1. The normalized spacial score (nSPS) is 12.3. The molecule has 2 aromatic rings. The minimum Gasteiger partial charge on any atom is -0.491 e. The Bertz CT molecular complexity index is 951. The summed E-state index contributed by atoms with van der Waals surface area (Å²) in [6.45, 7) is 3.11. The molecule has 1 atom stereocenters. The number of benzene rings is 2. The molecule has 0 heterocycles. The number of hydrogen-bond donors (Lipinski definition) is 1. The van der Waals surface area contributed by atoms with Crippen molar-refractivity contribution in [1.82, 2.24) is 5.32 Å². The quantitative estimate of drug-likeness (QED) is 0.723. The largest absolute Gasteiger partial charge is 0.491 e. The van der Waals surface area contributed by atoms with Crippen LogP contribution in [0.25, 0.3) is 0 Å². The van der Waals surface area contributed by atoms with Gasteiger partial charge in [-0.25, -0.2) is 17.2 Å². The number of nitrogens with one attached hydrogen (secondary N) is 1. The van der Waals surface area contributed by atoms with E-state index in [2.05, 4.69) is 5.32 Å². The molecule has 0 unspecified atom stereocenters. The molecule has 1 N–H and O–H groups in total. The molecule has 6 nitrogen and oxygen atoms in total. The van der Waals surface area contributed by atoms with E-state index in [4.69, 9.17) is 4.74 Å². The maximum atomic E-state index is 14.0. The number of halogens is 2. The average Bonchev–Trinajstić information content (AvgIpc) is 2.58. The van der Waals surface area contributed by atoms with Crippen molar-refractivity contribution >= 4 is 21.6 Å². The van der Waals surface area contributed by atoms with Gasteiger partial charge in [0.1, 0.15) is 30.5 Å². The number of hydrogen-bond acceptors (Lipinski definition) is 4. The van der Waals surface area contributed by atoms with Crippen LogP contribution in [0, 0.1) is 18.6 Å². The van der Waals surface area contributed by atoms with Gasteiger partial charge >= 0.3 is 0 Å². The van der Waals surface area contributed by atoms with Crippen LogP contribution >= 0.6 is 0 Å². The predicted molar refractivity (Wildman–Crippen MR) is 103 cm³/mol. The molecule has 0 spiro atoms. The molecule has 28 heavy (non-hydrogen) atoms. The van der Waals surface area contributed by atoms with E-state index in [0.717, 1.165) is 24.0 Å². The molecule has 2 rings (SSSR count). The van der Waals surface area contributed by atoms with Crippen molar-refractivity contribution in [3.8, 4) is 5.75 Å². The number of amides is 1. The van der Waals surface area contributed by atoms with Gasteiger partial charge in [0, 0.05) is 6.07 Å². The van der Waals surface area contributed by atoms with Gasteiger partial charge in [-0.3, -0.25) is 9.10 Å². The van der Waals surface area contributed by atoms with Crippen LogP contribution in [-0.2, 0) is 14.8 Å². The first-order valence-electron chi connectivity index (χ1n) is 8.48. The van der Waals surface area contributed by atoms with Crippen molar-refractivity contribution in [3.63, 3.8) is 0 Å². The number of para-hydroxylation sites is 1. The Hall–Kier alpha value is -2.68. The van der Waals surface area contributed by atoms with Gasteiger partial charge in [0.05, 0.1) is 18.0 Å². The van der Waals surface area contributed by atoms with Gasteiger partial charge in [-0.05, 0) is 37.6 Å². The Labute approximate surface area is 163 Å². The van der Waals surface area contributed by atoms with Crippen LogP contribution in [0.1, 0.15) is 12.5 Å². The standard InChI is InChI=1S/C19H22F2N2O4S/c1-13-6-4-5-7-18(13)27-12-14(2)22-19(24)11-23(28(3,25)26)17-9-8-15(20)10-16(17)21/h4-10,14H,11-12H2,1-3H3,(H,22,24)/t14-/m0/s1. The zero-order chi connectivity index (χ0) is 20.9. The van der Waals surface area contributed by atoms with E-state index < -0.39 is 45.8 Å². The Morgan fingerprint density at radius 3 is 2.50 bits per heavy atom. The van der Waals surface area contributed by atoms with Crippen molar-refractivity contribution in [2.75, 3.05) is 23.7 Å². The number of aryl methyl sites for hydroxylation is 1. The van der Waals surface area contributed by atoms with Crippen LogP contribution < -0.4 is 14.4 Å². The Balaban J connectivity index is 2.02. The minimum absolute atomic E-state index is 0.167. The number of carbonyl (C=O) groups excluding carboxylic acids is 1. The zero-order valence-electron chi connectivity index (χ0n) is 15.8. The highest BCUT2D eigenvalue weighted by molar-refractivity contribution is 7.92. The lowest BCUT2D eigenvalue weighted by atomic mass is 10.2. The highest BCUT2D eigenvalue weighted by Gasteiger charge is 2.24. The monoisotopic (exact) mass is 412 g/mol. The number of sulfonamides is 1. The van der Waals surface area contributed by atoms with Gasteiger partial charge < -0.3 is 10.1 Å². The maximum Gasteiger partial charge on any atom is 0.241 e. The molecule has 0 saturated heterocycles. The fraction of sp³-hybridized carbons (Fsp3) is 0.316. The summed E-state index contributed by atoms with van der Waals surface area (Å²) in [6.07, 6.45) is 0.841. The molecular weight excluding hydrogens is 390 g/mol. The van der Waals surface area contributed by atoms with E-state index in [1.807, 2.05) is 25.1 Å². The molecular formula is C19H22F2N2O4S. The smallest absolute Gasteiger partial charge is 0.241 e. The topological polar surface area (TPSA) is 75.7 Å². The third kappa shape index (κ3) is 5.91. The van der Waals surface area contributed by atoms with Gasteiger partial charge in [0.15, 0.2) is 0 Å². The molecule has 0 fully saturated rings. The summed E-state index contributed by atoms with van der Waals surface area (Å²) in [5, 5.41) is 2.61. The number of ether oxygens (including phenoxy) is 1. The molecule has 0 aliphatic rings. The summed E-state index contributed by atoms with van der Waals surface area (Å²) >= 11 is 0. The first kappa shape index (κ1) is 21.6. The fourth-order valence-electron chi connectivity index (χ4n) is 2.49. The van der Waals surface area contributed by atoms with Crippen molar-refractivity contribution in [1.29, 1.82) is 0 Å². The average molecular weight is 412 g/mol. The fourth-order valence-corrected chi connectivity index (χ4v) is 3.35. The lowest BCUT2D eigenvalue weighted by Gasteiger charge is -2.23. The van der Waals surface area contributed by atoms with Crippen LogP contribution in [0.2, 0.25) is 0 Å². The van der Waals surface area contributed by atoms with Crippen LogP contribution in [0.5, 0.6) is 5.75 Å². The predicted octanol–water partition coefficient (Wildman–Crippen LogP) is 2.62. The molecule has 0 bridgehead atoms. The van der Waals surface area contributed by atoms with Crippen LogP contribution in [0.4, 0.5) is 14.5 Å². The first-order chi connectivity index (χ1) is 13.1. The van der Waals surface area contributed by atoms with E-state index in [9.17, 15) is 22.0 Å². The van der Waals surface area contributed by atoms with Crippen LogP contribution in [-0.4, -0.2) is 39.8 Å². The first-order valence-corrected chi connectivity index (χ1v) is 10.3. The van der Waals surface area contributed by atoms with Crippen molar-refractivity contribution in [2.45, 2.75) is 19.9 Å². The van der Waals surface area contributed by atoms with E-state index in [1.165, 1.54) is 0 Å². The number of anilines is 1. The molecule has 9 heteroatoms. The van der Waals surface area contributed by atoms with Gasteiger partial charge in [-0.2, -0.15) is 0 Å². The molecule has 2 aromatic carbocycles. The molecule has 0 aliphatic carbocycles.